The van der Waals surface area contributed by atoms with Gasteiger partial charge in [-0.15, -0.1) is 0 Å². The zero-order valence-corrected chi connectivity index (χ0v) is 16.8. The summed E-state index contributed by atoms with van der Waals surface area (Å²) in [5.41, 5.74) is 7.09. The summed E-state index contributed by atoms with van der Waals surface area (Å²) in [5, 5.41) is 2.98. The van der Waals surface area contributed by atoms with E-state index in [1.54, 1.807) is 0 Å². The largest absolute Gasteiger partial charge is 0.375 e. The molecule has 1 aromatic heterocycles. The summed E-state index contributed by atoms with van der Waals surface area (Å²) in [6.07, 6.45) is 0.559. The molecular weight excluding hydrogens is 364 g/mol. The van der Waals surface area contributed by atoms with Crippen LogP contribution in [0.5, 0.6) is 0 Å². The Bertz CT molecular complexity index is 944. The van der Waals surface area contributed by atoms with Crippen LogP contribution in [0.3, 0.4) is 0 Å². The molecule has 0 radical (unpaired) electrons. The number of aromatic nitrogens is 2. The van der Waals surface area contributed by atoms with E-state index in [1.807, 2.05) is 51.1 Å². The lowest BCUT2D eigenvalue weighted by molar-refractivity contribution is 0.585. The molecule has 2 aromatic rings. The van der Waals surface area contributed by atoms with Crippen LogP contribution in [0.25, 0.3) is 0 Å². The van der Waals surface area contributed by atoms with Gasteiger partial charge in [-0.3, -0.25) is 4.57 Å². The van der Waals surface area contributed by atoms with Gasteiger partial charge in [0.2, 0.25) is 0 Å². The molecule has 0 saturated carbocycles. The second kappa shape index (κ2) is 9.01. The SMILES string of the molecule is CCCS(=N)(=O)C(N)=Nc1c(C(C)NCC)[nH]c(=O)n1Cc1ccccc1. The van der Waals surface area contributed by atoms with Gasteiger partial charge in [0.05, 0.1) is 12.2 Å². The van der Waals surface area contributed by atoms with E-state index in [9.17, 15) is 9.00 Å². The Morgan fingerprint density at radius 1 is 1.37 bits per heavy atom. The quantitative estimate of drug-likeness (QED) is 0.406. The average Bonchev–Trinajstić information content (AvgIpc) is 2.92. The fraction of sp³-hybridized carbons (Fsp3) is 0.444. The van der Waals surface area contributed by atoms with Crippen molar-refractivity contribution < 1.29 is 4.21 Å². The Morgan fingerprint density at radius 3 is 2.63 bits per heavy atom. The Hall–Kier alpha value is -2.39. The lowest BCUT2D eigenvalue weighted by Crippen LogP contribution is -2.26. The molecule has 8 nitrogen and oxygen atoms in total. The van der Waals surface area contributed by atoms with Gasteiger partial charge in [-0.1, -0.05) is 44.2 Å². The van der Waals surface area contributed by atoms with Crippen molar-refractivity contribution in [1.82, 2.24) is 14.9 Å². The molecule has 0 aliphatic heterocycles. The number of nitrogens with zero attached hydrogens (tertiary/aromatic N) is 2. The topological polar surface area (TPSA) is 129 Å². The average molecular weight is 393 g/mol. The predicted octanol–water partition coefficient (Wildman–Crippen LogP) is 2.30. The lowest BCUT2D eigenvalue weighted by Gasteiger charge is -2.13. The minimum absolute atomic E-state index is 0.133. The van der Waals surface area contributed by atoms with Crippen molar-refractivity contribution in [2.45, 2.75) is 39.8 Å². The van der Waals surface area contributed by atoms with Crippen LogP contribution in [0.2, 0.25) is 0 Å². The molecule has 0 aliphatic rings. The Balaban J connectivity index is 2.58. The molecule has 0 aliphatic carbocycles. The number of aromatic amines is 1. The molecule has 5 N–H and O–H groups in total. The lowest BCUT2D eigenvalue weighted by atomic mass is 10.2. The number of hydrogen-bond acceptors (Lipinski definition) is 5. The molecule has 2 rings (SSSR count). The van der Waals surface area contributed by atoms with Gasteiger partial charge in [0, 0.05) is 11.8 Å². The first-order valence-electron chi connectivity index (χ1n) is 9.00. The van der Waals surface area contributed by atoms with E-state index in [0.29, 0.717) is 31.0 Å². The van der Waals surface area contributed by atoms with Crippen molar-refractivity contribution in [2.75, 3.05) is 12.3 Å². The second-order valence-corrected chi connectivity index (χ2v) is 8.52. The minimum Gasteiger partial charge on any atom is -0.375 e. The van der Waals surface area contributed by atoms with E-state index in [2.05, 4.69) is 15.3 Å². The zero-order chi connectivity index (χ0) is 20.0. The molecule has 2 unspecified atom stereocenters. The van der Waals surface area contributed by atoms with Crippen molar-refractivity contribution in [3.8, 4) is 0 Å². The summed E-state index contributed by atoms with van der Waals surface area (Å²) >= 11 is 0. The number of nitrogens with one attached hydrogen (secondary N) is 3. The molecule has 0 bridgehead atoms. The number of H-pyrrole nitrogens is 1. The van der Waals surface area contributed by atoms with E-state index in [-0.39, 0.29) is 22.7 Å². The van der Waals surface area contributed by atoms with Crippen LogP contribution in [0.15, 0.2) is 40.1 Å². The van der Waals surface area contributed by atoms with Crippen LogP contribution in [-0.4, -0.2) is 31.2 Å². The van der Waals surface area contributed by atoms with Gasteiger partial charge in [-0.2, -0.15) is 0 Å². The van der Waals surface area contributed by atoms with Gasteiger partial charge >= 0.3 is 5.69 Å². The molecule has 2 atom stereocenters. The Kier molecular flexibility index (Phi) is 6.98. The zero-order valence-electron chi connectivity index (χ0n) is 16.0. The standard InChI is InChI=1S/C18H28N6O2S/c1-4-11-27(20,26)17(19)23-16-15(13(3)21-5-2)22-18(25)24(16)12-14-9-7-6-8-10-14/h6-10,13,20-21H,4-5,11-12H2,1-3H3,(H2,19,23)(H,22,25). The van der Waals surface area contributed by atoms with Gasteiger partial charge in [-0.05, 0) is 25.5 Å². The number of amidine groups is 1. The maximum Gasteiger partial charge on any atom is 0.327 e. The number of hydrogen-bond donors (Lipinski definition) is 4. The van der Waals surface area contributed by atoms with Crippen LogP contribution in [0.4, 0.5) is 5.82 Å². The summed E-state index contributed by atoms with van der Waals surface area (Å²) in [6, 6.07) is 9.33. The molecule has 27 heavy (non-hydrogen) atoms. The molecule has 148 valence electrons. The van der Waals surface area contributed by atoms with E-state index in [1.165, 1.54) is 4.57 Å². The molecule has 0 amide bonds. The smallest absolute Gasteiger partial charge is 0.327 e. The van der Waals surface area contributed by atoms with E-state index in [0.717, 1.165) is 5.56 Å². The van der Waals surface area contributed by atoms with Gasteiger partial charge in [0.25, 0.3) is 0 Å². The third-order valence-corrected chi connectivity index (χ3v) is 5.91. The highest BCUT2D eigenvalue weighted by Gasteiger charge is 2.21. The van der Waals surface area contributed by atoms with Crippen LogP contribution < -0.4 is 16.7 Å². The fourth-order valence-corrected chi connectivity index (χ4v) is 3.81. The second-order valence-electron chi connectivity index (χ2n) is 6.35. The number of aliphatic imine (C=N–C) groups is 1. The first-order valence-corrected chi connectivity index (χ1v) is 10.7. The molecule has 1 heterocycles. The van der Waals surface area contributed by atoms with Gasteiger partial charge < -0.3 is 16.0 Å². The first-order chi connectivity index (χ1) is 12.8. The predicted molar refractivity (Wildman–Crippen MR) is 110 cm³/mol. The highest BCUT2D eigenvalue weighted by Crippen LogP contribution is 2.24. The van der Waals surface area contributed by atoms with Crippen molar-refractivity contribution >= 4 is 20.7 Å². The summed E-state index contributed by atoms with van der Waals surface area (Å²) in [7, 11) is -3.17. The van der Waals surface area contributed by atoms with Gasteiger partial charge in [0.15, 0.2) is 11.0 Å². The van der Waals surface area contributed by atoms with E-state index in [4.69, 9.17) is 10.5 Å². The van der Waals surface area contributed by atoms with Crippen LogP contribution >= 0.6 is 0 Å². The molecule has 0 fully saturated rings. The van der Waals surface area contributed by atoms with E-state index < -0.39 is 9.73 Å². The maximum absolute atomic E-state index is 12.6. The van der Waals surface area contributed by atoms with Crippen molar-refractivity contribution in [1.29, 1.82) is 4.78 Å². The van der Waals surface area contributed by atoms with Crippen LogP contribution in [-0.2, 0) is 16.3 Å². The molecule has 1 aromatic carbocycles. The summed E-state index contributed by atoms with van der Waals surface area (Å²) < 4.78 is 21.9. The molecular formula is C18H28N6O2S. The van der Waals surface area contributed by atoms with Crippen molar-refractivity contribution in [3.05, 3.63) is 52.1 Å². The molecule has 0 saturated heterocycles. The number of imidazole rings is 1. The number of benzene rings is 1. The van der Waals surface area contributed by atoms with Gasteiger partial charge in [0.1, 0.15) is 9.73 Å². The Morgan fingerprint density at radius 2 is 2.04 bits per heavy atom. The third-order valence-electron chi connectivity index (χ3n) is 4.16. The highest BCUT2D eigenvalue weighted by atomic mass is 32.2. The first kappa shape index (κ1) is 20.9. The normalized spacial score (nSPS) is 15.4. The van der Waals surface area contributed by atoms with Crippen LogP contribution in [0.1, 0.15) is 44.5 Å². The Labute approximate surface area is 159 Å². The summed E-state index contributed by atoms with van der Waals surface area (Å²) in [4.78, 5) is 19.7. The monoisotopic (exact) mass is 392 g/mol. The summed E-state index contributed by atoms with van der Waals surface area (Å²) in [6.45, 7) is 6.71. The molecule has 0 spiro atoms. The number of nitrogens with two attached hydrogens (primary N) is 1. The van der Waals surface area contributed by atoms with Crippen molar-refractivity contribution in [2.24, 2.45) is 10.7 Å². The van der Waals surface area contributed by atoms with E-state index >= 15 is 0 Å². The maximum atomic E-state index is 12.6. The number of rotatable bonds is 8. The third kappa shape index (κ3) is 5.08. The highest BCUT2D eigenvalue weighted by molar-refractivity contribution is 8.07. The van der Waals surface area contributed by atoms with Crippen LogP contribution in [0, 0.1) is 4.78 Å². The summed E-state index contributed by atoms with van der Waals surface area (Å²) in [5.74, 6) is 0.444. The fourth-order valence-electron chi connectivity index (χ4n) is 2.79. The van der Waals surface area contributed by atoms with Crippen molar-refractivity contribution in [3.63, 3.8) is 0 Å². The molecule has 9 heteroatoms. The van der Waals surface area contributed by atoms with Gasteiger partial charge in [-0.25, -0.2) is 18.8 Å². The minimum atomic E-state index is -3.17.